The summed E-state index contributed by atoms with van der Waals surface area (Å²) in [6, 6.07) is 4.14. The highest BCUT2D eigenvalue weighted by Crippen LogP contribution is 2.19. The Hall–Kier alpha value is -0.550. The lowest BCUT2D eigenvalue weighted by atomic mass is 10.1. The van der Waals surface area contributed by atoms with Crippen LogP contribution in [0.4, 0.5) is 4.39 Å². The van der Waals surface area contributed by atoms with Crippen molar-refractivity contribution in [3.63, 3.8) is 0 Å². The first kappa shape index (κ1) is 24.5. The highest BCUT2D eigenvalue weighted by atomic mass is 127. The van der Waals surface area contributed by atoms with Crippen LogP contribution in [0.1, 0.15) is 25.0 Å². The zero-order valence-corrected chi connectivity index (χ0v) is 19.2. The summed E-state index contributed by atoms with van der Waals surface area (Å²) in [5, 5.41) is 6.32. The Morgan fingerprint density at radius 3 is 2.44 bits per heavy atom. The lowest BCUT2D eigenvalue weighted by Gasteiger charge is -2.24. The molecule has 0 spiro atoms. The predicted molar refractivity (Wildman–Crippen MR) is 116 cm³/mol. The number of aliphatic imine (C=N–C) groups is 1. The van der Waals surface area contributed by atoms with Gasteiger partial charge < -0.3 is 10.6 Å². The van der Waals surface area contributed by atoms with Crippen molar-refractivity contribution in [3.05, 3.63) is 35.1 Å². The third-order valence-corrected chi connectivity index (χ3v) is 5.57. The summed E-state index contributed by atoms with van der Waals surface area (Å²) >= 11 is 1.74. The second kappa shape index (κ2) is 10.6. The Morgan fingerprint density at radius 2 is 1.92 bits per heavy atom. The van der Waals surface area contributed by atoms with Gasteiger partial charge in [-0.05, 0) is 43.4 Å². The van der Waals surface area contributed by atoms with Crippen LogP contribution in [-0.4, -0.2) is 45.2 Å². The van der Waals surface area contributed by atoms with Gasteiger partial charge in [-0.15, -0.1) is 24.0 Å². The second-order valence-electron chi connectivity index (χ2n) is 6.23. The SMILES string of the molecule is CN=C(NCc1cc(F)ccc1CS(C)(=O)=O)NCC(C)(C)SC.I. The quantitative estimate of drug-likeness (QED) is 0.340. The van der Waals surface area contributed by atoms with Crippen LogP contribution in [0.25, 0.3) is 0 Å². The Labute approximate surface area is 171 Å². The molecule has 144 valence electrons. The minimum atomic E-state index is -3.19. The van der Waals surface area contributed by atoms with E-state index in [1.807, 2.05) is 6.26 Å². The normalized spacial score (nSPS) is 12.5. The zero-order valence-electron chi connectivity index (χ0n) is 15.2. The summed E-state index contributed by atoms with van der Waals surface area (Å²) in [7, 11) is -1.53. The van der Waals surface area contributed by atoms with E-state index in [0.717, 1.165) is 0 Å². The smallest absolute Gasteiger partial charge is 0.191 e. The fraction of sp³-hybridized carbons (Fsp3) is 0.562. The van der Waals surface area contributed by atoms with Crippen molar-refractivity contribution >= 4 is 51.5 Å². The Bertz CT molecular complexity index is 695. The van der Waals surface area contributed by atoms with E-state index < -0.39 is 15.7 Å². The largest absolute Gasteiger partial charge is 0.355 e. The van der Waals surface area contributed by atoms with Gasteiger partial charge in [-0.3, -0.25) is 4.99 Å². The summed E-state index contributed by atoms with van der Waals surface area (Å²) < 4.78 is 36.6. The molecule has 0 saturated heterocycles. The maximum atomic E-state index is 13.5. The predicted octanol–water partition coefficient (Wildman–Crippen LogP) is 2.79. The summed E-state index contributed by atoms with van der Waals surface area (Å²) in [5.74, 6) is 0.0812. The molecule has 2 N–H and O–H groups in total. The molecule has 0 unspecified atom stereocenters. The van der Waals surface area contributed by atoms with E-state index in [1.54, 1.807) is 18.8 Å². The van der Waals surface area contributed by atoms with Gasteiger partial charge in [-0.1, -0.05) is 6.07 Å². The number of rotatable bonds is 7. The second-order valence-corrected chi connectivity index (χ2v) is 9.88. The molecule has 1 aromatic rings. The van der Waals surface area contributed by atoms with Gasteiger partial charge in [0.15, 0.2) is 15.8 Å². The molecule has 0 saturated carbocycles. The summed E-state index contributed by atoms with van der Waals surface area (Å²) in [4.78, 5) is 4.14. The van der Waals surface area contributed by atoms with Gasteiger partial charge in [0.2, 0.25) is 0 Å². The van der Waals surface area contributed by atoms with Crippen molar-refractivity contribution in [2.24, 2.45) is 4.99 Å². The molecular formula is C16H27FIN3O2S2. The van der Waals surface area contributed by atoms with Gasteiger partial charge >= 0.3 is 0 Å². The molecule has 9 heteroatoms. The van der Waals surface area contributed by atoms with E-state index in [4.69, 9.17) is 0 Å². The number of nitrogens with one attached hydrogen (secondary N) is 2. The van der Waals surface area contributed by atoms with E-state index in [1.165, 1.54) is 24.5 Å². The standard InChI is InChI=1S/C16H26FN3O2S2.HI/c1-16(2,23-4)11-20-15(18-3)19-9-13-8-14(17)7-6-12(13)10-24(5,21)22;/h6-8H,9-11H2,1-5H3,(H2,18,19,20);1H. The van der Waals surface area contributed by atoms with Gasteiger partial charge in [0, 0.05) is 31.1 Å². The maximum Gasteiger partial charge on any atom is 0.191 e. The number of benzene rings is 1. The molecule has 25 heavy (non-hydrogen) atoms. The Kier molecular flexibility index (Phi) is 10.3. The van der Waals surface area contributed by atoms with E-state index in [9.17, 15) is 12.8 Å². The molecule has 0 amide bonds. The van der Waals surface area contributed by atoms with Crippen molar-refractivity contribution in [3.8, 4) is 0 Å². The van der Waals surface area contributed by atoms with Crippen LogP contribution in [0.2, 0.25) is 0 Å². The third kappa shape index (κ3) is 9.64. The fourth-order valence-electron chi connectivity index (χ4n) is 1.95. The number of sulfone groups is 1. The number of halogens is 2. The number of thioether (sulfide) groups is 1. The average Bonchev–Trinajstić information content (AvgIpc) is 2.48. The van der Waals surface area contributed by atoms with E-state index in [2.05, 4.69) is 29.5 Å². The monoisotopic (exact) mass is 503 g/mol. The number of hydrogen-bond donors (Lipinski definition) is 2. The number of hydrogen-bond acceptors (Lipinski definition) is 4. The van der Waals surface area contributed by atoms with E-state index in [0.29, 0.717) is 30.2 Å². The molecule has 0 atom stereocenters. The van der Waals surface area contributed by atoms with Crippen LogP contribution in [-0.2, 0) is 22.1 Å². The van der Waals surface area contributed by atoms with Gasteiger partial charge in [0.05, 0.1) is 5.75 Å². The van der Waals surface area contributed by atoms with E-state index >= 15 is 0 Å². The summed E-state index contributed by atoms with van der Waals surface area (Å²) in [6.07, 6.45) is 3.21. The summed E-state index contributed by atoms with van der Waals surface area (Å²) in [5.41, 5.74) is 1.19. The number of guanidine groups is 1. The van der Waals surface area contributed by atoms with Crippen molar-refractivity contribution in [1.82, 2.24) is 10.6 Å². The van der Waals surface area contributed by atoms with Crippen molar-refractivity contribution in [1.29, 1.82) is 0 Å². The third-order valence-electron chi connectivity index (χ3n) is 3.49. The first-order valence-electron chi connectivity index (χ1n) is 7.51. The molecule has 0 aromatic heterocycles. The number of nitrogens with zero attached hydrogens (tertiary/aromatic N) is 1. The highest BCUT2D eigenvalue weighted by molar-refractivity contribution is 14.0. The van der Waals surface area contributed by atoms with Crippen molar-refractivity contribution in [2.75, 3.05) is 26.1 Å². The van der Waals surface area contributed by atoms with Crippen LogP contribution < -0.4 is 10.6 Å². The first-order valence-corrected chi connectivity index (χ1v) is 10.8. The lowest BCUT2D eigenvalue weighted by molar-refractivity contribution is 0.599. The molecule has 0 aliphatic rings. The lowest BCUT2D eigenvalue weighted by Crippen LogP contribution is -2.43. The molecule has 0 radical (unpaired) electrons. The van der Waals surface area contributed by atoms with Gasteiger partial charge in [0.25, 0.3) is 0 Å². The van der Waals surface area contributed by atoms with Gasteiger partial charge in [-0.25, -0.2) is 12.8 Å². The highest BCUT2D eigenvalue weighted by Gasteiger charge is 2.16. The zero-order chi connectivity index (χ0) is 18.4. The van der Waals surface area contributed by atoms with Crippen LogP contribution in [0.5, 0.6) is 0 Å². The molecule has 0 fully saturated rings. The Morgan fingerprint density at radius 1 is 1.28 bits per heavy atom. The molecule has 0 aliphatic carbocycles. The molecule has 0 aliphatic heterocycles. The minimum absolute atomic E-state index is 0. The molecule has 0 heterocycles. The Balaban J connectivity index is 0.00000576. The minimum Gasteiger partial charge on any atom is -0.355 e. The van der Waals surface area contributed by atoms with Crippen molar-refractivity contribution < 1.29 is 12.8 Å². The molecular weight excluding hydrogens is 476 g/mol. The van der Waals surface area contributed by atoms with E-state index in [-0.39, 0.29) is 34.5 Å². The molecule has 5 nitrogen and oxygen atoms in total. The van der Waals surface area contributed by atoms with Gasteiger partial charge in [0.1, 0.15) is 5.82 Å². The first-order chi connectivity index (χ1) is 11.1. The molecule has 0 bridgehead atoms. The molecule has 1 rings (SSSR count). The van der Waals surface area contributed by atoms with Gasteiger partial charge in [-0.2, -0.15) is 11.8 Å². The van der Waals surface area contributed by atoms with Crippen LogP contribution >= 0.6 is 35.7 Å². The maximum absolute atomic E-state index is 13.5. The van der Waals surface area contributed by atoms with Crippen LogP contribution in [0.15, 0.2) is 23.2 Å². The van der Waals surface area contributed by atoms with Crippen LogP contribution in [0, 0.1) is 5.82 Å². The molecule has 1 aromatic carbocycles. The van der Waals surface area contributed by atoms with Crippen molar-refractivity contribution in [2.45, 2.75) is 30.9 Å². The topological polar surface area (TPSA) is 70.6 Å². The summed E-state index contributed by atoms with van der Waals surface area (Å²) in [6.45, 7) is 5.25. The fourth-order valence-corrected chi connectivity index (χ4v) is 3.01. The van der Waals surface area contributed by atoms with Crippen LogP contribution in [0.3, 0.4) is 0 Å². The average molecular weight is 503 g/mol.